The van der Waals surface area contributed by atoms with Crippen LogP contribution in [0.3, 0.4) is 0 Å². The number of hydrogen-bond acceptors (Lipinski definition) is 1. The second-order valence-corrected chi connectivity index (χ2v) is 5.25. The zero-order chi connectivity index (χ0) is 11.7. The van der Waals surface area contributed by atoms with Crippen LogP contribution in [-0.2, 0) is 5.41 Å². The standard InChI is InChI=1S/C16H19N/c17-12-16(9-3-4-10-16)15-8-7-13-5-1-2-6-14(13)11-15/h1-2,5-8,11H,3-4,9-10,12,17H2. The Morgan fingerprint density at radius 3 is 2.35 bits per heavy atom. The van der Waals surface area contributed by atoms with E-state index in [-0.39, 0.29) is 5.41 Å². The third-order valence-electron chi connectivity index (χ3n) is 4.31. The summed E-state index contributed by atoms with van der Waals surface area (Å²) in [6.07, 6.45) is 5.15. The van der Waals surface area contributed by atoms with Gasteiger partial charge in [0.15, 0.2) is 0 Å². The summed E-state index contributed by atoms with van der Waals surface area (Å²) in [5, 5.41) is 2.66. The van der Waals surface area contributed by atoms with Gasteiger partial charge in [-0.05, 0) is 29.2 Å². The second-order valence-electron chi connectivity index (χ2n) is 5.25. The molecule has 0 heterocycles. The van der Waals surface area contributed by atoms with Gasteiger partial charge in [-0.25, -0.2) is 0 Å². The zero-order valence-corrected chi connectivity index (χ0v) is 10.2. The first-order chi connectivity index (χ1) is 8.34. The predicted molar refractivity (Wildman–Crippen MR) is 73.1 cm³/mol. The van der Waals surface area contributed by atoms with Crippen LogP contribution in [0.4, 0.5) is 0 Å². The fourth-order valence-corrected chi connectivity index (χ4v) is 3.18. The van der Waals surface area contributed by atoms with E-state index in [2.05, 4.69) is 42.5 Å². The summed E-state index contributed by atoms with van der Waals surface area (Å²) in [5.41, 5.74) is 7.74. The molecule has 0 unspecified atom stereocenters. The molecule has 88 valence electrons. The van der Waals surface area contributed by atoms with Crippen LogP contribution in [0.15, 0.2) is 42.5 Å². The van der Waals surface area contributed by atoms with Crippen LogP contribution >= 0.6 is 0 Å². The molecule has 1 nitrogen and oxygen atoms in total. The lowest BCUT2D eigenvalue weighted by Crippen LogP contribution is -2.31. The maximum Gasteiger partial charge on any atom is 0.00757 e. The summed E-state index contributed by atoms with van der Waals surface area (Å²) in [6, 6.07) is 15.4. The van der Waals surface area contributed by atoms with Gasteiger partial charge >= 0.3 is 0 Å². The van der Waals surface area contributed by atoms with E-state index in [1.807, 2.05) is 0 Å². The third kappa shape index (κ3) is 1.75. The van der Waals surface area contributed by atoms with Crippen molar-refractivity contribution in [2.75, 3.05) is 6.54 Å². The van der Waals surface area contributed by atoms with Crippen LogP contribution in [0.2, 0.25) is 0 Å². The first-order valence-corrected chi connectivity index (χ1v) is 6.53. The van der Waals surface area contributed by atoms with E-state index in [4.69, 9.17) is 5.73 Å². The van der Waals surface area contributed by atoms with Crippen molar-refractivity contribution in [1.82, 2.24) is 0 Å². The Morgan fingerprint density at radius 2 is 1.65 bits per heavy atom. The average Bonchev–Trinajstić information content (AvgIpc) is 2.88. The maximum absolute atomic E-state index is 6.04. The summed E-state index contributed by atoms with van der Waals surface area (Å²) in [6.45, 7) is 0.783. The molecule has 17 heavy (non-hydrogen) atoms. The minimum atomic E-state index is 0.254. The highest BCUT2D eigenvalue weighted by Gasteiger charge is 2.34. The molecule has 2 aromatic carbocycles. The molecule has 1 saturated carbocycles. The molecule has 1 aliphatic rings. The van der Waals surface area contributed by atoms with Crippen molar-refractivity contribution >= 4 is 10.8 Å². The van der Waals surface area contributed by atoms with E-state index in [0.717, 1.165) is 6.54 Å². The molecule has 0 bridgehead atoms. The molecule has 1 aliphatic carbocycles. The van der Waals surface area contributed by atoms with Gasteiger partial charge in [0, 0.05) is 12.0 Å². The molecular weight excluding hydrogens is 206 g/mol. The Kier molecular flexibility index (Phi) is 2.64. The highest BCUT2D eigenvalue weighted by Crippen LogP contribution is 2.40. The van der Waals surface area contributed by atoms with Crippen molar-refractivity contribution in [3.05, 3.63) is 48.0 Å². The summed E-state index contributed by atoms with van der Waals surface area (Å²) in [5.74, 6) is 0. The molecule has 2 N–H and O–H groups in total. The number of benzene rings is 2. The maximum atomic E-state index is 6.04. The van der Waals surface area contributed by atoms with E-state index in [1.165, 1.54) is 42.0 Å². The molecule has 0 atom stereocenters. The van der Waals surface area contributed by atoms with Gasteiger partial charge in [-0.3, -0.25) is 0 Å². The Labute approximate surface area is 103 Å². The van der Waals surface area contributed by atoms with Gasteiger partial charge in [0.25, 0.3) is 0 Å². The van der Waals surface area contributed by atoms with Crippen LogP contribution in [0.25, 0.3) is 10.8 Å². The van der Waals surface area contributed by atoms with Crippen LogP contribution in [0, 0.1) is 0 Å². The van der Waals surface area contributed by atoms with Crippen molar-refractivity contribution in [1.29, 1.82) is 0 Å². The number of rotatable bonds is 2. The van der Waals surface area contributed by atoms with E-state index in [9.17, 15) is 0 Å². The van der Waals surface area contributed by atoms with Crippen LogP contribution in [-0.4, -0.2) is 6.54 Å². The van der Waals surface area contributed by atoms with Crippen molar-refractivity contribution in [2.24, 2.45) is 5.73 Å². The Balaban J connectivity index is 2.10. The number of hydrogen-bond donors (Lipinski definition) is 1. The zero-order valence-electron chi connectivity index (χ0n) is 10.2. The van der Waals surface area contributed by atoms with E-state index < -0.39 is 0 Å². The summed E-state index contributed by atoms with van der Waals surface area (Å²) >= 11 is 0. The monoisotopic (exact) mass is 225 g/mol. The van der Waals surface area contributed by atoms with Gasteiger partial charge < -0.3 is 5.73 Å². The molecule has 0 saturated heterocycles. The Morgan fingerprint density at radius 1 is 0.941 bits per heavy atom. The first-order valence-electron chi connectivity index (χ1n) is 6.53. The lowest BCUT2D eigenvalue weighted by atomic mass is 9.78. The fraction of sp³-hybridized carbons (Fsp3) is 0.375. The van der Waals surface area contributed by atoms with Crippen LogP contribution in [0.5, 0.6) is 0 Å². The molecule has 0 spiro atoms. The smallest absolute Gasteiger partial charge is 0.00757 e. The van der Waals surface area contributed by atoms with Gasteiger partial charge in [0.2, 0.25) is 0 Å². The largest absolute Gasteiger partial charge is 0.330 e. The van der Waals surface area contributed by atoms with Gasteiger partial charge in [-0.1, -0.05) is 55.3 Å². The Bertz CT molecular complexity index is 524. The highest BCUT2D eigenvalue weighted by atomic mass is 14.6. The normalized spacial score (nSPS) is 18.6. The van der Waals surface area contributed by atoms with Crippen molar-refractivity contribution in [3.63, 3.8) is 0 Å². The highest BCUT2D eigenvalue weighted by molar-refractivity contribution is 5.83. The summed E-state index contributed by atoms with van der Waals surface area (Å²) < 4.78 is 0. The second kappa shape index (κ2) is 4.15. The van der Waals surface area contributed by atoms with Gasteiger partial charge in [-0.2, -0.15) is 0 Å². The quantitative estimate of drug-likeness (QED) is 0.830. The van der Waals surface area contributed by atoms with Crippen LogP contribution < -0.4 is 5.73 Å². The molecule has 2 aromatic rings. The minimum Gasteiger partial charge on any atom is -0.330 e. The SMILES string of the molecule is NCC1(c2ccc3ccccc3c2)CCCC1. The number of nitrogens with two attached hydrogens (primary N) is 1. The average molecular weight is 225 g/mol. The molecule has 0 radical (unpaired) electrons. The van der Waals surface area contributed by atoms with Crippen molar-refractivity contribution in [2.45, 2.75) is 31.1 Å². The van der Waals surface area contributed by atoms with Crippen LogP contribution in [0.1, 0.15) is 31.2 Å². The summed E-state index contributed by atoms with van der Waals surface area (Å²) in [4.78, 5) is 0. The molecule has 3 rings (SSSR count). The molecule has 0 aromatic heterocycles. The predicted octanol–water partition coefficient (Wildman–Crippen LogP) is 3.61. The van der Waals surface area contributed by atoms with Gasteiger partial charge in [0.05, 0.1) is 0 Å². The van der Waals surface area contributed by atoms with Crippen molar-refractivity contribution < 1.29 is 0 Å². The lowest BCUT2D eigenvalue weighted by molar-refractivity contribution is 0.453. The minimum absolute atomic E-state index is 0.254. The molecule has 1 heteroatoms. The lowest BCUT2D eigenvalue weighted by Gasteiger charge is -2.28. The van der Waals surface area contributed by atoms with Gasteiger partial charge in [-0.15, -0.1) is 0 Å². The summed E-state index contributed by atoms with van der Waals surface area (Å²) in [7, 11) is 0. The number of fused-ring (bicyclic) bond motifs is 1. The topological polar surface area (TPSA) is 26.0 Å². The molecule has 0 amide bonds. The first kappa shape index (κ1) is 10.8. The van der Waals surface area contributed by atoms with E-state index in [1.54, 1.807) is 0 Å². The Hall–Kier alpha value is -1.34. The van der Waals surface area contributed by atoms with Crippen molar-refractivity contribution in [3.8, 4) is 0 Å². The van der Waals surface area contributed by atoms with E-state index in [0.29, 0.717) is 0 Å². The fourth-order valence-electron chi connectivity index (χ4n) is 3.18. The molecule has 1 fully saturated rings. The van der Waals surface area contributed by atoms with Gasteiger partial charge in [0.1, 0.15) is 0 Å². The van der Waals surface area contributed by atoms with E-state index >= 15 is 0 Å². The molecule has 0 aliphatic heterocycles. The molecular formula is C16H19N. The third-order valence-corrected chi connectivity index (χ3v) is 4.31.